The summed E-state index contributed by atoms with van der Waals surface area (Å²) in [4.78, 5) is 2.31. The molecule has 1 unspecified atom stereocenters. The van der Waals surface area contributed by atoms with Crippen LogP contribution in [0.5, 0.6) is 0 Å². The van der Waals surface area contributed by atoms with Crippen molar-refractivity contribution in [2.75, 3.05) is 19.8 Å². The molecule has 0 saturated carbocycles. The summed E-state index contributed by atoms with van der Waals surface area (Å²) in [5.41, 5.74) is 3.21. The predicted octanol–water partition coefficient (Wildman–Crippen LogP) is 2.26. The molecule has 0 fully saturated rings. The highest BCUT2D eigenvalue weighted by atomic mass is 19.1. The molecule has 0 bridgehead atoms. The van der Waals surface area contributed by atoms with Crippen LogP contribution in [0.25, 0.3) is 0 Å². The summed E-state index contributed by atoms with van der Waals surface area (Å²) in [6, 6.07) is 6.69. The van der Waals surface area contributed by atoms with Gasteiger partial charge in [0.15, 0.2) is 0 Å². The van der Waals surface area contributed by atoms with Crippen LogP contribution in [0.15, 0.2) is 36.9 Å². The number of hydrogen-bond acceptors (Lipinski definition) is 4. The van der Waals surface area contributed by atoms with Crippen LogP contribution in [0.3, 0.4) is 0 Å². The fourth-order valence-corrected chi connectivity index (χ4v) is 2.98. The number of ether oxygens (including phenoxy) is 1. The number of aryl methyl sites for hydroxylation is 1. The Morgan fingerprint density at radius 2 is 2.17 bits per heavy atom. The highest BCUT2D eigenvalue weighted by Gasteiger charge is 2.31. The summed E-state index contributed by atoms with van der Waals surface area (Å²) in [6.07, 6.45) is 2.64. The lowest BCUT2D eigenvalue weighted by molar-refractivity contribution is 0.0599. The lowest BCUT2D eigenvalue weighted by Gasteiger charge is -2.34. The molecule has 1 aliphatic rings. The van der Waals surface area contributed by atoms with Gasteiger partial charge in [0.25, 0.3) is 0 Å². The van der Waals surface area contributed by atoms with Gasteiger partial charge in [0.2, 0.25) is 0 Å². The number of nitrogens with zero attached hydrogens (tertiary/aromatic N) is 4. The summed E-state index contributed by atoms with van der Waals surface area (Å²) >= 11 is 0. The first kappa shape index (κ1) is 15.8. The van der Waals surface area contributed by atoms with Crippen molar-refractivity contribution in [3.63, 3.8) is 0 Å². The maximum Gasteiger partial charge on any atom is 0.123 e. The predicted molar refractivity (Wildman–Crippen MR) is 85.3 cm³/mol. The fraction of sp³-hybridized carbons (Fsp3) is 0.412. The average Bonchev–Trinajstić information content (AvgIpc) is 2.93. The molecular formula is C17H21FN4O. The molecule has 1 aromatic carbocycles. The summed E-state index contributed by atoms with van der Waals surface area (Å²) in [5.74, 6) is -0.213. The highest BCUT2D eigenvalue weighted by Crippen LogP contribution is 2.29. The van der Waals surface area contributed by atoms with Gasteiger partial charge in [-0.2, -0.15) is 0 Å². The number of aromatic nitrogens is 3. The van der Waals surface area contributed by atoms with Gasteiger partial charge in [-0.05, 0) is 17.7 Å². The fourth-order valence-electron chi connectivity index (χ4n) is 2.98. The van der Waals surface area contributed by atoms with E-state index >= 15 is 0 Å². The van der Waals surface area contributed by atoms with Crippen LogP contribution in [0.4, 0.5) is 4.39 Å². The average molecular weight is 316 g/mol. The molecule has 6 heteroatoms. The van der Waals surface area contributed by atoms with Gasteiger partial charge in [0.05, 0.1) is 24.9 Å². The maximum absolute atomic E-state index is 13.1. The molecule has 23 heavy (non-hydrogen) atoms. The minimum absolute atomic E-state index is 0.0532. The summed E-state index contributed by atoms with van der Waals surface area (Å²) in [6.45, 7) is 6.36. The Balaban J connectivity index is 1.79. The molecule has 122 valence electrons. The van der Waals surface area contributed by atoms with Crippen LogP contribution in [0, 0.1) is 5.82 Å². The minimum atomic E-state index is -0.213. The normalized spacial score (nSPS) is 17.9. The molecule has 1 aliphatic heterocycles. The smallest absolute Gasteiger partial charge is 0.123 e. The van der Waals surface area contributed by atoms with Gasteiger partial charge in [-0.1, -0.05) is 23.4 Å². The molecule has 1 aromatic heterocycles. The SMILES string of the molecule is C=CCOCC1c2nnn(C)c2CCN1Cc1ccc(F)cc1. The molecule has 2 heterocycles. The van der Waals surface area contributed by atoms with Crippen LogP contribution in [-0.2, 0) is 24.8 Å². The van der Waals surface area contributed by atoms with Crippen molar-refractivity contribution in [3.05, 3.63) is 59.7 Å². The minimum Gasteiger partial charge on any atom is -0.375 e. The Labute approximate surface area is 135 Å². The van der Waals surface area contributed by atoms with E-state index in [1.54, 1.807) is 6.08 Å². The van der Waals surface area contributed by atoms with E-state index < -0.39 is 0 Å². The van der Waals surface area contributed by atoms with E-state index in [1.807, 2.05) is 23.9 Å². The third-order valence-corrected chi connectivity index (χ3v) is 4.18. The molecule has 0 aliphatic carbocycles. The second-order valence-corrected chi connectivity index (χ2v) is 5.73. The van der Waals surface area contributed by atoms with E-state index in [2.05, 4.69) is 21.8 Å². The van der Waals surface area contributed by atoms with E-state index in [0.29, 0.717) is 13.2 Å². The molecule has 3 rings (SSSR count). The van der Waals surface area contributed by atoms with Crippen LogP contribution < -0.4 is 0 Å². The van der Waals surface area contributed by atoms with E-state index in [1.165, 1.54) is 12.1 Å². The summed E-state index contributed by atoms with van der Waals surface area (Å²) in [7, 11) is 1.92. The Morgan fingerprint density at radius 1 is 1.39 bits per heavy atom. The van der Waals surface area contributed by atoms with E-state index in [9.17, 15) is 4.39 Å². The monoisotopic (exact) mass is 316 g/mol. The Hall–Kier alpha value is -2.05. The lowest BCUT2D eigenvalue weighted by Crippen LogP contribution is -2.38. The topological polar surface area (TPSA) is 43.2 Å². The summed E-state index contributed by atoms with van der Waals surface area (Å²) in [5, 5.41) is 8.47. The van der Waals surface area contributed by atoms with Crippen molar-refractivity contribution in [1.29, 1.82) is 0 Å². The van der Waals surface area contributed by atoms with Crippen molar-refractivity contribution in [1.82, 2.24) is 19.9 Å². The number of hydrogen-bond donors (Lipinski definition) is 0. The molecule has 0 radical (unpaired) electrons. The van der Waals surface area contributed by atoms with Crippen molar-refractivity contribution < 1.29 is 9.13 Å². The van der Waals surface area contributed by atoms with Gasteiger partial charge in [-0.15, -0.1) is 11.7 Å². The third-order valence-electron chi connectivity index (χ3n) is 4.18. The first-order chi connectivity index (χ1) is 11.2. The molecule has 0 N–H and O–H groups in total. The van der Waals surface area contributed by atoms with Crippen molar-refractivity contribution in [2.24, 2.45) is 7.05 Å². The summed E-state index contributed by atoms with van der Waals surface area (Å²) < 4.78 is 20.6. The first-order valence-corrected chi connectivity index (χ1v) is 7.74. The van der Waals surface area contributed by atoms with Gasteiger partial charge in [-0.25, -0.2) is 4.39 Å². The zero-order valence-electron chi connectivity index (χ0n) is 13.3. The van der Waals surface area contributed by atoms with Gasteiger partial charge < -0.3 is 4.74 Å². The van der Waals surface area contributed by atoms with E-state index in [0.717, 1.165) is 36.5 Å². The van der Waals surface area contributed by atoms with Crippen molar-refractivity contribution in [2.45, 2.75) is 19.0 Å². The Bertz CT molecular complexity index is 668. The van der Waals surface area contributed by atoms with Gasteiger partial charge >= 0.3 is 0 Å². The second-order valence-electron chi connectivity index (χ2n) is 5.73. The highest BCUT2D eigenvalue weighted by molar-refractivity contribution is 5.21. The van der Waals surface area contributed by atoms with Crippen LogP contribution in [0.1, 0.15) is 23.0 Å². The van der Waals surface area contributed by atoms with Gasteiger partial charge in [-0.3, -0.25) is 9.58 Å². The molecular weight excluding hydrogens is 295 g/mol. The maximum atomic E-state index is 13.1. The van der Waals surface area contributed by atoms with E-state index in [-0.39, 0.29) is 11.9 Å². The number of fused-ring (bicyclic) bond motifs is 1. The molecule has 0 spiro atoms. The largest absolute Gasteiger partial charge is 0.375 e. The molecule has 0 amide bonds. The standard InChI is InChI=1S/C17H21FN4O/c1-3-10-23-12-16-17-15(21(2)20-19-17)8-9-22(16)11-13-4-6-14(18)7-5-13/h3-7,16H,1,8-12H2,2H3. The number of rotatable bonds is 6. The molecule has 2 aromatic rings. The second kappa shape index (κ2) is 7.02. The van der Waals surface area contributed by atoms with E-state index in [4.69, 9.17) is 4.74 Å². The molecule has 1 atom stereocenters. The van der Waals surface area contributed by atoms with Gasteiger partial charge in [0.1, 0.15) is 11.5 Å². The van der Waals surface area contributed by atoms with Crippen LogP contribution in [-0.4, -0.2) is 39.7 Å². The number of halogens is 1. The number of benzene rings is 1. The third kappa shape index (κ3) is 3.48. The Kier molecular flexibility index (Phi) is 4.83. The molecule has 5 nitrogen and oxygen atoms in total. The zero-order valence-corrected chi connectivity index (χ0v) is 13.3. The first-order valence-electron chi connectivity index (χ1n) is 7.74. The molecule has 0 saturated heterocycles. The van der Waals surface area contributed by atoms with Gasteiger partial charge in [0, 0.05) is 26.6 Å². The van der Waals surface area contributed by atoms with Crippen LogP contribution >= 0.6 is 0 Å². The quantitative estimate of drug-likeness (QED) is 0.606. The zero-order chi connectivity index (χ0) is 16.2. The van der Waals surface area contributed by atoms with Crippen molar-refractivity contribution in [3.8, 4) is 0 Å². The Morgan fingerprint density at radius 3 is 2.91 bits per heavy atom. The van der Waals surface area contributed by atoms with Crippen molar-refractivity contribution >= 4 is 0 Å². The van der Waals surface area contributed by atoms with Crippen LogP contribution in [0.2, 0.25) is 0 Å². The lowest BCUT2D eigenvalue weighted by atomic mass is 10.0.